The fraction of sp³-hybridized carbons (Fsp3) is 0.286. The molecule has 0 radical (unpaired) electrons. The third-order valence-corrected chi connectivity index (χ3v) is 6.62. The normalized spacial score (nSPS) is 11.7. The van der Waals surface area contributed by atoms with Crippen LogP contribution < -0.4 is 5.32 Å². The molecule has 0 aliphatic carbocycles. The summed E-state index contributed by atoms with van der Waals surface area (Å²) >= 11 is 0. The smallest absolute Gasteiger partial charge is 0.224 e. The number of hydrogen-bond donors (Lipinski definition) is 2. The van der Waals surface area contributed by atoms with Crippen molar-refractivity contribution in [3.05, 3.63) is 64.6 Å². The molecule has 0 atom stereocenters. The maximum Gasteiger partial charge on any atom is 0.224 e. The van der Waals surface area contributed by atoms with Crippen molar-refractivity contribution in [2.75, 3.05) is 12.3 Å². The van der Waals surface area contributed by atoms with Crippen molar-refractivity contribution >= 4 is 26.6 Å². The number of halogens is 1. The summed E-state index contributed by atoms with van der Waals surface area (Å²) in [6.45, 7) is 5.95. The van der Waals surface area contributed by atoms with E-state index in [0.717, 1.165) is 45.4 Å². The molecule has 0 aliphatic heterocycles. The highest BCUT2D eigenvalue weighted by Gasteiger charge is 2.17. The largest absolute Gasteiger partial charge is 0.358 e. The van der Waals surface area contributed by atoms with Gasteiger partial charge in [0.1, 0.15) is 5.82 Å². The molecule has 28 heavy (non-hydrogen) atoms. The Kier molecular flexibility index (Phi) is 5.56. The summed E-state index contributed by atoms with van der Waals surface area (Å²) in [5, 5.41) is 3.73. The molecule has 1 aromatic heterocycles. The van der Waals surface area contributed by atoms with Gasteiger partial charge in [-0.1, -0.05) is 12.1 Å². The van der Waals surface area contributed by atoms with Crippen molar-refractivity contribution in [3.8, 4) is 0 Å². The topological polar surface area (TPSA) is 79.0 Å². The summed E-state index contributed by atoms with van der Waals surface area (Å²) in [7, 11) is -3.58. The molecular formula is C21H23FN2O3S. The Morgan fingerprint density at radius 3 is 2.36 bits per heavy atom. The van der Waals surface area contributed by atoms with Crippen LogP contribution in [0, 0.1) is 26.6 Å². The number of carbonyl (C=O) groups excluding carboxylic acids is 1. The van der Waals surface area contributed by atoms with Crippen molar-refractivity contribution in [3.63, 3.8) is 0 Å². The first-order chi connectivity index (χ1) is 13.2. The van der Waals surface area contributed by atoms with Crippen LogP contribution in [0.4, 0.5) is 4.39 Å². The van der Waals surface area contributed by atoms with Crippen LogP contribution in [0.5, 0.6) is 0 Å². The van der Waals surface area contributed by atoms with Gasteiger partial charge in [-0.25, -0.2) is 12.8 Å². The van der Waals surface area contributed by atoms with Crippen molar-refractivity contribution in [2.45, 2.75) is 32.1 Å². The van der Waals surface area contributed by atoms with Gasteiger partial charge in [0.25, 0.3) is 0 Å². The zero-order chi connectivity index (χ0) is 20.5. The Morgan fingerprint density at radius 1 is 1.04 bits per heavy atom. The summed E-state index contributed by atoms with van der Waals surface area (Å²) in [5.74, 6) is -0.971. The number of nitrogens with one attached hydrogen (secondary N) is 2. The number of aromatic amines is 1. The van der Waals surface area contributed by atoms with E-state index in [2.05, 4.69) is 10.3 Å². The number of rotatable bonds is 6. The van der Waals surface area contributed by atoms with Crippen LogP contribution in [-0.4, -0.2) is 31.6 Å². The number of aryl methyl sites for hydroxylation is 3. The SMILES string of the molecule is Cc1[nH]c2c(C)ccc(C)c2c1CC(=O)NCCS(=O)(=O)c1ccc(F)cc1. The molecule has 0 bridgehead atoms. The van der Waals surface area contributed by atoms with Gasteiger partial charge < -0.3 is 10.3 Å². The highest BCUT2D eigenvalue weighted by Crippen LogP contribution is 2.28. The fourth-order valence-corrected chi connectivity index (χ4v) is 4.50. The number of sulfone groups is 1. The Bertz CT molecular complexity index is 1130. The van der Waals surface area contributed by atoms with E-state index >= 15 is 0 Å². The van der Waals surface area contributed by atoms with E-state index in [-0.39, 0.29) is 29.5 Å². The molecule has 148 valence electrons. The number of aromatic nitrogens is 1. The average molecular weight is 402 g/mol. The number of hydrogen-bond acceptors (Lipinski definition) is 3. The summed E-state index contributed by atoms with van der Waals surface area (Å²) in [4.78, 5) is 15.8. The maximum atomic E-state index is 13.0. The molecule has 0 saturated carbocycles. The zero-order valence-corrected chi connectivity index (χ0v) is 16.9. The molecule has 0 fully saturated rings. The van der Waals surface area contributed by atoms with E-state index < -0.39 is 15.7 Å². The highest BCUT2D eigenvalue weighted by atomic mass is 32.2. The van der Waals surface area contributed by atoms with Crippen LogP contribution in [0.25, 0.3) is 10.9 Å². The van der Waals surface area contributed by atoms with Gasteiger partial charge in [0.2, 0.25) is 5.91 Å². The minimum absolute atomic E-state index is 0.00203. The summed E-state index contributed by atoms with van der Waals surface area (Å²) in [6, 6.07) is 8.74. The monoisotopic (exact) mass is 402 g/mol. The van der Waals surface area contributed by atoms with Crippen molar-refractivity contribution in [2.24, 2.45) is 0 Å². The summed E-state index contributed by atoms with van der Waals surface area (Å²) in [6.07, 6.45) is 0.173. The molecule has 0 saturated heterocycles. The predicted molar refractivity (Wildman–Crippen MR) is 108 cm³/mol. The van der Waals surface area contributed by atoms with Gasteiger partial charge in [0, 0.05) is 23.1 Å². The molecule has 0 spiro atoms. The molecule has 5 nitrogen and oxygen atoms in total. The minimum Gasteiger partial charge on any atom is -0.358 e. The predicted octanol–water partition coefficient (Wildman–Crippen LogP) is 3.36. The number of fused-ring (bicyclic) bond motifs is 1. The number of H-pyrrole nitrogens is 1. The average Bonchev–Trinajstić information content (AvgIpc) is 2.96. The van der Waals surface area contributed by atoms with Gasteiger partial charge in [0.05, 0.1) is 17.1 Å². The second-order valence-corrected chi connectivity index (χ2v) is 9.09. The first kappa shape index (κ1) is 20.1. The second-order valence-electron chi connectivity index (χ2n) is 6.98. The van der Waals surface area contributed by atoms with Gasteiger partial charge in [-0.15, -0.1) is 0 Å². The fourth-order valence-electron chi connectivity index (χ4n) is 3.34. The van der Waals surface area contributed by atoms with Crippen LogP contribution in [0.3, 0.4) is 0 Å². The lowest BCUT2D eigenvalue weighted by Crippen LogP contribution is -2.30. The summed E-state index contributed by atoms with van der Waals surface area (Å²) < 4.78 is 37.5. The van der Waals surface area contributed by atoms with Crippen LogP contribution in [-0.2, 0) is 21.1 Å². The summed E-state index contributed by atoms with van der Waals surface area (Å²) in [5.41, 5.74) is 5.09. The molecule has 0 unspecified atom stereocenters. The Hall–Kier alpha value is -2.67. The van der Waals surface area contributed by atoms with E-state index in [4.69, 9.17) is 0 Å². The van der Waals surface area contributed by atoms with E-state index in [0.29, 0.717) is 0 Å². The molecule has 3 aromatic rings. The van der Waals surface area contributed by atoms with Gasteiger partial charge in [0.15, 0.2) is 9.84 Å². The third-order valence-electron chi connectivity index (χ3n) is 4.89. The molecule has 2 N–H and O–H groups in total. The maximum absolute atomic E-state index is 13.0. The van der Waals surface area contributed by atoms with Crippen LogP contribution in [0.2, 0.25) is 0 Å². The Morgan fingerprint density at radius 2 is 1.68 bits per heavy atom. The van der Waals surface area contributed by atoms with Gasteiger partial charge in [-0.05, 0) is 61.7 Å². The minimum atomic E-state index is -3.58. The number of benzene rings is 2. The lowest BCUT2D eigenvalue weighted by molar-refractivity contribution is -0.120. The van der Waals surface area contributed by atoms with Crippen molar-refractivity contribution < 1.29 is 17.6 Å². The molecule has 0 aliphatic rings. The van der Waals surface area contributed by atoms with Crippen LogP contribution in [0.1, 0.15) is 22.4 Å². The number of carbonyl (C=O) groups is 1. The van der Waals surface area contributed by atoms with E-state index in [1.54, 1.807) is 0 Å². The van der Waals surface area contributed by atoms with E-state index in [1.807, 2.05) is 32.9 Å². The standard InChI is InChI=1S/C21H23FN2O3S/c1-13-4-5-14(2)21-20(13)18(15(3)24-21)12-19(25)23-10-11-28(26,27)17-8-6-16(22)7-9-17/h4-9,24H,10-12H2,1-3H3,(H,23,25). The Balaban J connectivity index is 1.67. The van der Waals surface area contributed by atoms with E-state index in [1.165, 1.54) is 12.1 Å². The second kappa shape index (κ2) is 7.75. The lowest BCUT2D eigenvalue weighted by atomic mass is 10.0. The Labute approximate surface area is 163 Å². The van der Waals surface area contributed by atoms with Crippen LogP contribution in [0.15, 0.2) is 41.3 Å². The van der Waals surface area contributed by atoms with Crippen LogP contribution >= 0.6 is 0 Å². The molecular weight excluding hydrogens is 379 g/mol. The van der Waals surface area contributed by atoms with Gasteiger partial charge in [-0.3, -0.25) is 4.79 Å². The van der Waals surface area contributed by atoms with Crippen molar-refractivity contribution in [1.29, 1.82) is 0 Å². The molecule has 7 heteroatoms. The quantitative estimate of drug-likeness (QED) is 0.621. The number of amides is 1. The first-order valence-corrected chi connectivity index (χ1v) is 10.7. The first-order valence-electron chi connectivity index (χ1n) is 9.01. The zero-order valence-electron chi connectivity index (χ0n) is 16.1. The lowest BCUT2D eigenvalue weighted by Gasteiger charge is -2.08. The molecule has 1 amide bonds. The third kappa shape index (κ3) is 4.09. The van der Waals surface area contributed by atoms with Crippen molar-refractivity contribution in [1.82, 2.24) is 10.3 Å². The molecule has 2 aromatic carbocycles. The van der Waals surface area contributed by atoms with Gasteiger partial charge in [-0.2, -0.15) is 0 Å². The van der Waals surface area contributed by atoms with Gasteiger partial charge >= 0.3 is 0 Å². The van der Waals surface area contributed by atoms with E-state index in [9.17, 15) is 17.6 Å². The molecule has 1 heterocycles. The molecule has 3 rings (SSSR count). The highest BCUT2D eigenvalue weighted by molar-refractivity contribution is 7.91.